The van der Waals surface area contributed by atoms with Crippen LogP contribution in [-0.4, -0.2) is 40.9 Å². The van der Waals surface area contributed by atoms with Crippen molar-refractivity contribution in [3.63, 3.8) is 0 Å². The molecule has 0 spiro atoms. The van der Waals surface area contributed by atoms with Gasteiger partial charge in [-0.25, -0.2) is 4.79 Å². The molecule has 0 aliphatic heterocycles. The summed E-state index contributed by atoms with van der Waals surface area (Å²) in [6.45, 7) is 11.2. The molecule has 0 aliphatic carbocycles. The van der Waals surface area contributed by atoms with Crippen molar-refractivity contribution in [1.82, 2.24) is 4.90 Å². The number of hydrogen-bond donors (Lipinski definition) is 1. The van der Waals surface area contributed by atoms with Crippen LogP contribution in [0.3, 0.4) is 0 Å². The van der Waals surface area contributed by atoms with Gasteiger partial charge >= 0.3 is 6.09 Å². The van der Waals surface area contributed by atoms with Crippen LogP contribution in [0.1, 0.15) is 73.1 Å². The van der Waals surface area contributed by atoms with Gasteiger partial charge in [0.25, 0.3) is 0 Å². The zero-order chi connectivity index (χ0) is 15.6. The fourth-order valence-electron chi connectivity index (χ4n) is 1.95. The molecule has 0 fully saturated rings. The zero-order valence-corrected chi connectivity index (χ0v) is 13.9. The monoisotopic (exact) mass is 287 g/mol. The molecule has 1 atom stereocenters. The Morgan fingerprint density at radius 2 is 1.80 bits per heavy atom. The molecule has 0 rings (SSSR count). The lowest BCUT2D eigenvalue weighted by Crippen LogP contribution is -2.37. The molecule has 0 radical (unpaired) electrons. The van der Waals surface area contributed by atoms with Crippen molar-refractivity contribution < 1.29 is 14.6 Å². The van der Waals surface area contributed by atoms with E-state index in [4.69, 9.17) is 4.74 Å². The van der Waals surface area contributed by atoms with E-state index in [9.17, 15) is 9.90 Å². The smallest absolute Gasteiger partial charge is 0.410 e. The molecule has 20 heavy (non-hydrogen) atoms. The Bertz CT molecular complexity index is 261. The summed E-state index contributed by atoms with van der Waals surface area (Å²) >= 11 is 0. The van der Waals surface area contributed by atoms with Gasteiger partial charge in [0.2, 0.25) is 0 Å². The minimum Gasteiger partial charge on any atom is -0.444 e. The molecule has 0 saturated heterocycles. The molecule has 0 aromatic carbocycles. The van der Waals surface area contributed by atoms with E-state index in [2.05, 4.69) is 6.92 Å². The summed E-state index contributed by atoms with van der Waals surface area (Å²) in [5.41, 5.74) is -0.436. The van der Waals surface area contributed by atoms with E-state index in [0.29, 0.717) is 0 Å². The SMILES string of the molecule is CCCN(CCCCC[C@H](O)CC)C(=O)OC(C)(C)C. The number of ether oxygens (including phenoxy) is 1. The summed E-state index contributed by atoms with van der Waals surface area (Å²) < 4.78 is 5.41. The highest BCUT2D eigenvalue weighted by atomic mass is 16.6. The first kappa shape index (κ1) is 19.2. The topological polar surface area (TPSA) is 49.8 Å². The number of nitrogens with zero attached hydrogens (tertiary/aromatic N) is 1. The maximum atomic E-state index is 12.0. The molecule has 0 aromatic rings. The Morgan fingerprint density at radius 3 is 2.30 bits per heavy atom. The van der Waals surface area contributed by atoms with Crippen LogP contribution in [0.4, 0.5) is 4.79 Å². The van der Waals surface area contributed by atoms with Gasteiger partial charge in [-0.3, -0.25) is 0 Å². The van der Waals surface area contributed by atoms with Gasteiger partial charge in [0, 0.05) is 13.1 Å². The van der Waals surface area contributed by atoms with Crippen molar-refractivity contribution in [2.24, 2.45) is 0 Å². The van der Waals surface area contributed by atoms with Crippen molar-refractivity contribution >= 4 is 6.09 Å². The average Bonchev–Trinajstić information content (AvgIpc) is 2.34. The van der Waals surface area contributed by atoms with E-state index < -0.39 is 5.60 Å². The number of carbonyl (C=O) groups is 1. The van der Waals surface area contributed by atoms with Gasteiger partial charge in [-0.2, -0.15) is 0 Å². The summed E-state index contributed by atoms with van der Waals surface area (Å²) in [6, 6.07) is 0. The Morgan fingerprint density at radius 1 is 1.15 bits per heavy atom. The zero-order valence-electron chi connectivity index (χ0n) is 13.9. The third-order valence-electron chi connectivity index (χ3n) is 3.08. The van der Waals surface area contributed by atoms with Crippen LogP contribution < -0.4 is 0 Å². The number of aliphatic hydroxyl groups excluding tert-OH is 1. The van der Waals surface area contributed by atoms with Crippen molar-refractivity contribution in [3.05, 3.63) is 0 Å². The first-order valence-corrected chi connectivity index (χ1v) is 7.96. The molecule has 0 saturated carbocycles. The van der Waals surface area contributed by atoms with Crippen LogP contribution in [0.5, 0.6) is 0 Å². The van der Waals surface area contributed by atoms with E-state index in [0.717, 1.165) is 51.6 Å². The molecule has 0 heterocycles. The van der Waals surface area contributed by atoms with Crippen LogP contribution in [-0.2, 0) is 4.74 Å². The average molecular weight is 287 g/mol. The Labute approximate surface area is 124 Å². The Hall–Kier alpha value is -0.770. The Kier molecular flexibility index (Phi) is 9.64. The van der Waals surface area contributed by atoms with Crippen LogP contribution in [0.15, 0.2) is 0 Å². The molecule has 0 bridgehead atoms. The van der Waals surface area contributed by atoms with Crippen molar-refractivity contribution in [1.29, 1.82) is 0 Å². The molecule has 120 valence electrons. The van der Waals surface area contributed by atoms with E-state index in [1.165, 1.54) is 0 Å². The number of aliphatic hydroxyl groups is 1. The number of unbranched alkanes of at least 4 members (excludes halogenated alkanes) is 2. The first-order chi connectivity index (χ1) is 9.30. The predicted octanol–water partition coefficient (Wildman–Crippen LogP) is 3.96. The van der Waals surface area contributed by atoms with Gasteiger partial charge in [-0.05, 0) is 46.5 Å². The molecule has 0 aliphatic rings. The summed E-state index contributed by atoms with van der Waals surface area (Å²) in [5.74, 6) is 0. The highest BCUT2D eigenvalue weighted by molar-refractivity contribution is 5.68. The second kappa shape index (κ2) is 10.0. The highest BCUT2D eigenvalue weighted by Gasteiger charge is 2.21. The summed E-state index contributed by atoms with van der Waals surface area (Å²) in [6.07, 6.45) is 5.25. The lowest BCUT2D eigenvalue weighted by molar-refractivity contribution is 0.0246. The molecule has 0 unspecified atom stereocenters. The van der Waals surface area contributed by atoms with E-state index in [1.54, 1.807) is 4.90 Å². The maximum absolute atomic E-state index is 12.0. The second-order valence-electron chi connectivity index (χ2n) is 6.38. The lowest BCUT2D eigenvalue weighted by Gasteiger charge is -2.27. The number of rotatable bonds is 9. The van der Waals surface area contributed by atoms with Gasteiger partial charge in [0.15, 0.2) is 0 Å². The molecule has 0 aromatic heterocycles. The summed E-state index contributed by atoms with van der Waals surface area (Å²) in [7, 11) is 0. The highest BCUT2D eigenvalue weighted by Crippen LogP contribution is 2.12. The fourth-order valence-corrected chi connectivity index (χ4v) is 1.95. The summed E-state index contributed by atoms with van der Waals surface area (Å²) in [4.78, 5) is 13.8. The van der Waals surface area contributed by atoms with Gasteiger partial charge in [0.05, 0.1) is 6.10 Å². The molecule has 1 amide bonds. The minimum absolute atomic E-state index is 0.174. The largest absolute Gasteiger partial charge is 0.444 e. The second-order valence-corrected chi connectivity index (χ2v) is 6.38. The maximum Gasteiger partial charge on any atom is 0.410 e. The van der Waals surface area contributed by atoms with Crippen LogP contribution in [0.25, 0.3) is 0 Å². The lowest BCUT2D eigenvalue weighted by atomic mass is 10.1. The molecular formula is C16H33NO3. The number of amides is 1. The number of hydrogen-bond acceptors (Lipinski definition) is 3. The van der Waals surface area contributed by atoms with Crippen LogP contribution in [0, 0.1) is 0 Å². The molecule has 4 nitrogen and oxygen atoms in total. The van der Waals surface area contributed by atoms with Crippen LogP contribution >= 0.6 is 0 Å². The normalized spacial score (nSPS) is 13.1. The quantitative estimate of drug-likeness (QED) is 0.653. The van der Waals surface area contributed by atoms with E-state index in [-0.39, 0.29) is 12.2 Å². The third kappa shape index (κ3) is 10.1. The standard InChI is InChI=1S/C16H33NO3/c1-6-12-17(15(19)20-16(3,4)5)13-10-8-9-11-14(18)7-2/h14,18H,6-13H2,1-5H3/t14-/m1/s1. The Balaban J connectivity index is 3.99. The number of carbonyl (C=O) groups excluding carboxylic acids is 1. The van der Waals surface area contributed by atoms with Gasteiger partial charge in [-0.15, -0.1) is 0 Å². The first-order valence-electron chi connectivity index (χ1n) is 7.96. The molecule has 1 N–H and O–H groups in total. The van der Waals surface area contributed by atoms with Gasteiger partial charge in [0.1, 0.15) is 5.60 Å². The van der Waals surface area contributed by atoms with E-state index in [1.807, 2.05) is 27.7 Å². The van der Waals surface area contributed by atoms with Crippen LogP contribution in [0.2, 0.25) is 0 Å². The van der Waals surface area contributed by atoms with Crippen molar-refractivity contribution in [3.8, 4) is 0 Å². The fraction of sp³-hybridized carbons (Fsp3) is 0.938. The third-order valence-corrected chi connectivity index (χ3v) is 3.08. The minimum atomic E-state index is -0.436. The molecular weight excluding hydrogens is 254 g/mol. The van der Waals surface area contributed by atoms with Crippen molar-refractivity contribution in [2.45, 2.75) is 84.8 Å². The van der Waals surface area contributed by atoms with E-state index >= 15 is 0 Å². The van der Waals surface area contributed by atoms with Gasteiger partial charge in [-0.1, -0.05) is 26.7 Å². The summed E-state index contributed by atoms with van der Waals surface area (Å²) in [5, 5.41) is 9.48. The van der Waals surface area contributed by atoms with Crippen molar-refractivity contribution in [2.75, 3.05) is 13.1 Å². The predicted molar refractivity (Wildman–Crippen MR) is 82.9 cm³/mol. The molecule has 4 heteroatoms. The van der Waals surface area contributed by atoms with Gasteiger partial charge < -0.3 is 14.7 Å².